The number of ketones is 2. The third-order valence-electron chi connectivity index (χ3n) is 7.40. The average molecular weight is 448 g/mol. The van der Waals surface area contributed by atoms with Gasteiger partial charge in [0.25, 0.3) is 5.69 Å². The number of nitrogens with zero attached hydrogens (tertiary/aromatic N) is 1. The van der Waals surface area contributed by atoms with Crippen molar-refractivity contribution in [1.82, 2.24) is 0 Å². The van der Waals surface area contributed by atoms with E-state index in [0.29, 0.717) is 11.8 Å². The first kappa shape index (κ1) is 21.3. The van der Waals surface area contributed by atoms with E-state index in [1.165, 1.54) is 31.4 Å². The summed E-state index contributed by atoms with van der Waals surface area (Å²) in [7, 11) is 0. The van der Waals surface area contributed by atoms with E-state index in [9.17, 15) is 24.5 Å². The monoisotopic (exact) mass is 448 g/mol. The number of hydrogen-bond donors (Lipinski definition) is 1. The molecule has 0 amide bonds. The van der Waals surface area contributed by atoms with Gasteiger partial charge in [0, 0.05) is 17.2 Å². The van der Waals surface area contributed by atoms with E-state index in [4.69, 9.17) is 10.5 Å². The highest BCUT2D eigenvalue weighted by molar-refractivity contribution is 6.32. The van der Waals surface area contributed by atoms with Gasteiger partial charge < -0.3 is 10.5 Å². The second-order valence-corrected chi connectivity index (χ2v) is 9.21. The Balaban J connectivity index is 1.51. The molecule has 0 aliphatic heterocycles. The van der Waals surface area contributed by atoms with Crippen LogP contribution in [0.2, 0.25) is 0 Å². The van der Waals surface area contributed by atoms with E-state index in [1.54, 1.807) is 12.1 Å². The predicted octanol–water partition coefficient (Wildman–Crippen LogP) is 4.47. The number of rotatable bonds is 3. The molecular formula is C25H24N2O6. The fraction of sp³-hybridized carbons (Fsp3) is 0.400. The zero-order chi connectivity index (χ0) is 23.3. The molecule has 3 aliphatic carbocycles. The van der Waals surface area contributed by atoms with Crippen molar-refractivity contribution in [2.24, 2.45) is 11.8 Å². The zero-order valence-electron chi connectivity index (χ0n) is 18.0. The second-order valence-electron chi connectivity index (χ2n) is 9.21. The van der Waals surface area contributed by atoms with Crippen LogP contribution >= 0.6 is 0 Å². The highest BCUT2D eigenvalue weighted by Gasteiger charge is 2.40. The number of carbonyl (C=O) groups excluding carboxylic acids is 3. The Kier molecular flexibility index (Phi) is 5.23. The number of carbonyl (C=O) groups is 3. The first-order valence-electron chi connectivity index (χ1n) is 11.4. The van der Waals surface area contributed by atoms with Gasteiger partial charge in [0.1, 0.15) is 11.7 Å². The van der Waals surface area contributed by atoms with E-state index in [-0.39, 0.29) is 39.6 Å². The summed E-state index contributed by atoms with van der Waals surface area (Å²) in [6, 6.07) is 7.07. The number of hydrogen-bond acceptors (Lipinski definition) is 7. The summed E-state index contributed by atoms with van der Waals surface area (Å²) >= 11 is 0. The zero-order valence-corrected chi connectivity index (χ0v) is 18.0. The van der Waals surface area contributed by atoms with Gasteiger partial charge in [0.2, 0.25) is 5.78 Å². The van der Waals surface area contributed by atoms with Gasteiger partial charge in [-0.25, -0.2) is 4.79 Å². The number of nitro groups is 1. The van der Waals surface area contributed by atoms with Gasteiger partial charge in [-0.15, -0.1) is 0 Å². The number of benzene rings is 2. The van der Waals surface area contributed by atoms with E-state index < -0.39 is 28.1 Å². The van der Waals surface area contributed by atoms with Gasteiger partial charge in [-0.05, 0) is 31.1 Å². The average Bonchev–Trinajstić information content (AvgIpc) is 2.82. The summed E-state index contributed by atoms with van der Waals surface area (Å²) in [5.74, 6) is -0.868. The second kappa shape index (κ2) is 8.10. The lowest BCUT2D eigenvalue weighted by Crippen LogP contribution is -2.33. The van der Waals surface area contributed by atoms with Crippen molar-refractivity contribution in [3.63, 3.8) is 0 Å². The van der Waals surface area contributed by atoms with Crippen LogP contribution in [0, 0.1) is 22.0 Å². The third kappa shape index (κ3) is 3.50. The van der Waals surface area contributed by atoms with Gasteiger partial charge in [-0.3, -0.25) is 19.7 Å². The molecule has 8 nitrogen and oxygen atoms in total. The summed E-state index contributed by atoms with van der Waals surface area (Å²) < 4.78 is 5.73. The normalized spacial score (nSPS) is 23.8. The van der Waals surface area contributed by atoms with Gasteiger partial charge in [-0.2, -0.15) is 0 Å². The molecule has 0 heterocycles. The molecule has 170 valence electrons. The molecule has 2 fully saturated rings. The molecule has 2 aromatic rings. The molecule has 0 bridgehead atoms. The SMILES string of the molecule is Nc1c(C(=O)OC2CCC3CCCCC3C2)cc([N+](=O)[O-])c2c1C(=O)c1ccccc1C2=O. The molecule has 33 heavy (non-hydrogen) atoms. The van der Waals surface area contributed by atoms with Crippen LogP contribution in [0.25, 0.3) is 0 Å². The highest BCUT2D eigenvalue weighted by atomic mass is 16.6. The van der Waals surface area contributed by atoms with E-state index >= 15 is 0 Å². The summed E-state index contributed by atoms with van der Waals surface area (Å²) in [6.07, 6.45) is 6.99. The summed E-state index contributed by atoms with van der Waals surface area (Å²) in [5.41, 5.74) is 4.61. The Labute approximate surface area is 190 Å². The topological polar surface area (TPSA) is 130 Å². The fourth-order valence-corrected chi connectivity index (χ4v) is 5.76. The van der Waals surface area contributed by atoms with Crippen LogP contribution in [-0.4, -0.2) is 28.6 Å². The first-order chi connectivity index (χ1) is 15.9. The molecule has 0 aromatic heterocycles. The first-order valence-corrected chi connectivity index (χ1v) is 11.4. The van der Waals surface area contributed by atoms with Crippen LogP contribution in [0.3, 0.4) is 0 Å². The minimum absolute atomic E-state index is 0.0806. The smallest absolute Gasteiger partial charge is 0.340 e. The maximum absolute atomic E-state index is 13.2. The molecule has 2 saturated carbocycles. The van der Waals surface area contributed by atoms with Crippen LogP contribution < -0.4 is 5.73 Å². The minimum Gasteiger partial charge on any atom is -0.459 e. The Bertz CT molecular complexity index is 1200. The standard InChI is InChI=1S/C25H24N2O6/c26-22-18(25(30)33-15-10-9-13-5-1-2-6-14(13)11-15)12-19(27(31)32)20-21(22)24(29)17-8-4-3-7-16(17)23(20)28/h3-4,7-8,12-15H,1-2,5-6,9-11,26H2. The van der Waals surface area contributed by atoms with Gasteiger partial charge in [0.15, 0.2) is 5.78 Å². The molecule has 3 atom stereocenters. The number of esters is 1. The van der Waals surface area contributed by atoms with Gasteiger partial charge in [0.05, 0.1) is 21.7 Å². The van der Waals surface area contributed by atoms with Crippen molar-refractivity contribution in [1.29, 1.82) is 0 Å². The number of nitro benzene ring substituents is 1. The van der Waals surface area contributed by atoms with Crippen molar-refractivity contribution in [2.45, 2.75) is 51.0 Å². The predicted molar refractivity (Wildman–Crippen MR) is 119 cm³/mol. The molecule has 3 aliphatic rings. The lowest BCUT2D eigenvalue weighted by atomic mass is 9.70. The number of anilines is 1. The lowest BCUT2D eigenvalue weighted by molar-refractivity contribution is -0.385. The van der Waals surface area contributed by atoms with E-state index in [1.807, 2.05) is 0 Å². The molecule has 2 N–H and O–H groups in total. The Morgan fingerprint density at radius 2 is 1.61 bits per heavy atom. The Hall–Kier alpha value is -3.55. The van der Waals surface area contributed by atoms with Crippen LogP contribution in [-0.2, 0) is 4.74 Å². The van der Waals surface area contributed by atoms with Crippen LogP contribution in [0.1, 0.15) is 87.1 Å². The lowest BCUT2D eigenvalue weighted by Gasteiger charge is -2.38. The summed E-state index contributed by atoms with van der Waals surface area (Å²) in [5, 5.41) is 11.8. The Morgan fingerprint density at radius 1 is 0.970 bits per heavy atom. The molecule has 3 unspecified atom stereocenters. The summed E-state index contributed by atoms with van der Waals surface area (Å²) in [4.78, 5) is 50.3. The quantitative estimate of drug-likeness (QED) is 0.271. The highest BCUT2D eigenvalue weighted by Crippen LogP contribution is 2.42. The number of nitrogens with two attached hydrogens (primary N) is 1. The maximum Gasteiger partial charge on any atom is 0.340 e. The van der Waals surface area contributed by atoms with Crippen molar-refractivity contribution in [2.75, 3.05) is 5.73 Å². The van der Waals surface area contributed by atoms with Crippen molar-refractivity contribution >= 4 is 28.9 Å². The molecule has 2 aromatic carbocycles. The van der Waals surface area contributed by atoms with Crippen molar-refractivity contribution < 1.29 is 24.0 Å². The molecule has 0 radical (unpaired) electrons. The minimum atomic E-state index is -0.795. The van der Waals surface area contributed by atoms with E-state index in [2.05, 4.69) is 0 Å². The molecular weight excluding hydrogens is 424 g/mol. The third-order valence-corrected chi connectivity index (χ3v) is 7.40. The Morgan fingerprint density at radius 3 is 2.27 bits per heavy atom. The van der Waals surface area contributed by atoms with Crippen LogP contribution in [0.15, 0.2) is 30.3 Å². The summed E-state index contributed by atoms with van der Waals surface area (Å²) in [6.45, 7) is 0. The van der Waals surface area contributed by atoms with Crippen molar-refractivity contribution in [3.8, 4) is 0 Å². The van der Waals surface area contributed by atoms with E-state index in [0.717, 1.165) is 31.7 Å². The molecule has 0 saturated heterocycles. The molecule has 8 heteroatoms. The molecule has 5 rings (SSSR count). The van der Waals surface area contributed by atoms with Gasteiger partial charge >= 0.3 is 5.97 Å². The van der Waals surface area contributed by atoms with Gasteiger partial charge in [-0.1, -0.05) is 49.9 Å². The number of nitrogen functional groups attached to an aromatic ring is 1. The largest absolute Gasteiger partial charge is 0.459 e. The maximum atomic E-state index is 13.2. The molecule has 0 spiro atoms. The van der Waals surface area contributed by atoms with Crippen LogP contribution in [0.4, 0.5) is 11.4 Å². The van der Waals surface area contributed by atoms with Crippen LogP contribution in [0.5, 0.6) is 0 Å². The number of fused-ring (bicyclic) bond motifs is 3. The van der Waals surface area contributed by atoms with Crippen molar-refractivity contribution in [3.05, 3.63) is 68.3 Å². The number of ether oxygens (including phenoxy) is 1. The fourth-order valence-electron chi connectivity index (χ4n) is 5.76.